The number of esters is 1. The SMILES string of the molecule is Cc1cccc(C)c1Oc1ccc(N2C(=O)c3ccc(C(=O)OCC(=O)c4cccs4)cc3C2=O)cc1. The molecule has 0 bridgehead atoms. The number of Topliss-reactive ketones (excluding diaryl/α,β-unsaturated/α-hetero) is 1. The fourth-order valence-electron chi connectivity index (χ4n) is 4.07. The fourth-order valence-corrected chi connectivity index (χ4v) is 4.72. The third kappa shape index (κ3) is 4.66. The van der Waals surface area contributed by atoms with Crippen molar-refractivity contribution < 1.29 is 28.7 Å². The van der Waals surface area contributed by atoms with E-state index in [1.165, 1.54) is 29.5 Å². The van der Waals surface area contributed by atoms with Crippen LogP contribution in [0.1, 0.15) is 51.9 Å². The zero-order valence-corrected chi connectivity index (χ0v) is 20.8. The first-order valence-electron chi connectivity index (χ1n) is 11.4. The van der Waals surface area contributed by atoms with E-state index in [2.05, 4.69) is 0 Å². The van der Waals surface area contributed by atoms with Crippen LogP contribution in [0.15, 0.2) is 78.2 Å². The number of thiophene rings is 1. The average molecular weight is 512 g/mol. The molecule has 4 aromatic rings. The molecule has 2 heterocycles. The molecule has 1 aromatic heterocycles. The molecule has 0 atom stereocenters. The van der Waals surface area contributed by atoms with Crippen LogP contribution in [-0.2, 0) is 4.74 Å². The highest BCUT2D eigenvalue weighted by Crippen LogP contribution is 2.33. The van der Waals surface area contributed by atoms with Crippen LogP contribution >= 0.6 is 11.3 Å². The highest BCUT2D eigenvalue weighted by atomic mass is 32.1. The Morgan fingerprint density at radius 2 is 1.54 bits per heavy atom. The largest absolute Gasteiger partial charge is 0.457 e. The molecule has 184 valence electrons. The van der Waals surface area contributed by atoms with Crippen LogP contribution in [0.4, 0.5) is 5.69 Å². The number of imide groups is 1. The third-order valence-electron chi connectivity index (χ3n) is 5.98. The van der Waals surface area contributed by atoms with Gasteiger partial charge in [0.15, 0.2) is 6.61 Å². The zero-order valence-electron chi connectivity index (χ0n) is 20.0. The van der Waals surface area contributed by atoms with E-state index in [4.69, 9.17) is 9.47 Å². The molecule has 37 heavy (non-hydrogen) atoms. The van der Waals surface area contributed by atoms with E-state index in [-0.39, 0.29) is 22.5 Å². The van der Waals surface area contributed by atoms with E-state index in [9.17, 15) is 19.2 Å². The molecule has 1 aliphatic rings. The Bertz CT molecular complexity index is 1520. The van der Waals surface area contributed by atoms with Gasteiger partial charge in [0.1, 0.15) is 11.5 Å². The molecule has 7 nitrogen and oxygen atoms in total. The topological polar surface area (TPSA) is 90.0 Å². The monoisotopic (exact) mass is 511 g/mol. The Morgan fingerprint density at radius 1 is 0.838 bits per heavy atom. The smallest absolute Gasteiger partial charge is 0.338 e. The van der Waals surface area contributed by atoms with E-state index in [0.717, 1.165) is 21.8 Å². The van der Waals surface area contributed by atoms with E-state index in [1.807, 2.05) is 32.0 Å². The van der Waals surface area contributed by atoms with Crippen LogP contribution in [0.3, 0.4) is 0 Å². The van der Waals surface area contributed by atoms with Crippen molar-refractivity contribution in [2.75, 3.05) is 11.5 Å². The molecule has 0 N–H and O–H groups in total. The standard InChI is InChI=1S/C29H21NO6S/c1-17-5-3-6-18(2)26(17)36-21-11-9-20(10-12-21)30-27(32)22-13-8-19(15-23(22)28(30)33)29(34)35-16-24(31)25-7-4-14-37-25/h3-15H,16H2,1-2H3. The quantitative estimate of drug-likeness (QED) is 0.172. The lowest BCUT2D eigenvalue weighted by molar-refractivity contribution is 0.0475. The number of ether oxygens (including phenoxy) is 2. The molecule has 3 aromatic carbocycles. The Balaban J connectivity index is 1.31. The second-order valence-electron chi connectivity index (χ2n) is 8.50. The van der Waals surface area contributed by atoms with Gasteiger partial charge in [0, 0.05) is 0 Å². The summed E-state index contributed by atoms with van der Waals surface area (Å²) in [5, 5.41) is 1.76. The third-order valence-corrected chi connectivity index (χ3v) is 6.89. The van der Waals surface area contributed by atoms with Crippen LogP contribution in [0.5, 0.6) is 11.5 Å². The average Bonchev–Trinajstić information content (AvgIpc) is 3.52. The number of carbonyl (C=O) groups excluding carboxylic acids is 4. The number of rotatable bonds is 7. The van der Waals surface area contributed by atoms with Gasteiger partial charge in [0.2, 0.25) is 5.78 Å². The van der Waals surface area contributed by atoms with Gasteiger partial charge in [-0.25, -0.2) is 9.69 Å². The minimum atomic E-state index is -0.751. The Morgan fingerprint density at radius 3 is 2.22 bits per heavy atom. The predicted molar refractivity (Wildman–Crippen MR) is 139 cm³/mol. The highest BCUT2D eigenvalue weighted by Gasteiger charge is 2.37. The van der Waals surface area contributed by atoms with Crippen LogP contribution in [-0.4, -0.2) is 30.2 Å². The van der Waals surface area contributed by atoms with E-state index < -0.39 is 24.4 Å². The van der Waals surface area contributed by atoms with E-state index in [1.54, 1.807) is 41.8 Å². The Hall–Kier alpha value is -4.56. The summed E-state index contributed by atoms with van der Waals surface area (Å²) < 4.78 is 11.1. The van der Waals surface area contributed by atoms with Crippen LogP contribution < -0.4 is 9.64 Å². The highest BCUT2D eigenvalue weighted by molar-refractivity contribution is 7.12. The lowest BCUT2D eigenvalue weighted by Crippen LogP contribution is -2.29. The zero-order chi connectivity index (χ0) is 26.1. The molecule has 0 saturated heterocycles. The maximum Gasteiger partial charge on any atom is 0.338 e. The minimum Gasteiger partial charge on any atom is -0.457 e. The van der Waals surface area contributed by atoms with Gasteiger partial charge in [-0.3, -0.25) is 14.4 Å². The Kier molecular flexibility index (Phi) is 6.42. The predicted octanol–water partition coefficient (Wildman–Crippen LogP) is 6.00. The van der Waals surface area contributed by atoms with Crippen molar-refractivity contribution in [2.24, 2.45) is 0 Å². The van der Waals surface area contributed by atoms with Crippen molar-refractivity contribution in [3.63, 3.8) is 0 Å². The van der Waals surface area contributed by atoms with Crippen LogP contribution in [0.25, 0.3) is 0 Å². The van der Waals surface area contributed by atoms with Gasteiger partial charge in [0.05, 0.1) is 27.3 Å². The van der Waals surface area contributed by atoms with Crippen LogP contribution in [0, 0.1) is 13.8 Å². The summed E-state index contributed by atoms with van der Waals surface area (Å²) in [6.07, 6.45) is 0. The first-order valence-corrected chi connectivity index (χ1v) is 12.3. The number of ketones is 1. The molecular formula is C29H21NO6S. The second-order valence-corrected chi connectivity index (χ2v) is 9.45. The maximum atomic E-state index is 13.1. The van der Waals surface area contributed by atoms with Crippen molar-refractivity contribution in [3.8, 4) is 11.5 Å². The molecule has 0 saturated carbocycles. The van der Waals surface area contributed by atoms with Gasteiger partial charge in [0.25, 0.3) is 11.8 Å². The molecule has 0 fully saturated rings. The van der Waals surface area contributed by atoms with Gasteiger partial charge in [-0.05, 0) is 78.9 Å². The van der Waals surface area contributed by atoms with Gasteiger partial charge < -0.3 is 9.47 Å². The summed E-state index contributed by atoms with van der Waals surface area (Å²) in [7, 11) is 0. The molecule has 0 radical (unpaired) electrons. The Labute approximate surface area is 216 Å². The number of carbonyl (C=O) groups is 4. The number of para-hydroxylation sites is 1. The molecule has 8 heteroatoms. The van der Waals surface area contributed by atoms with E-state index >= 15 is 0 Å². The number of benzene rings is 3. The molecule has 5 rings (SSSR count). The van der Waals surface area contributed by atoms with Gasteiger partial charge in [-0.1, -0.05) is 24.3 Å². The summed E-state index contributed by atoms with van der Waals surface area (Å²) in [4.78, 5) is 52.3. The van der Waals surface area contributed by atoms with Crippen molar-refractivity contribution in [1.29, 1.82) is 0 Å². The number of hydrogen-bond donors (Lipinski definition) is 0. The molecule has 2 amide bonds. The summed E-state index contributed by atoms with van der Waals surface area (Å²) in [5.41, 5.74) is 2.74. The van der Waals surface area contributed by atoms with Gasteiger partial charge in [-0.15, -0.1) is 11.3 Å². The number of nitrogens with zero attached hydrogens (tertiary/aromatic N) is 1. The second kappa shape index (κ2) is 9.83. The van der Waals surface area contributed by atoms with Crippen molar-refractivity contribution in [1.82, 2.24) is 0 Å². The normalized spacial score (nSPS) is 12.4. The minimum absolute atomic E-state index is 0.0816. The summed E-state index contributed by atoms with van der Waals surface area (Å²) in [5.74, 6) is -0.775. The molecule has 0 spiro atoms. The van der Waals surface area contributed by atoms with Crippen molar-refractivity contribution in [3.05, 3.63) is 111 Å². The lowest BCUT2D eigenvalue weighted by atomic mass is 10.1. The lowest BCUT2D eigenvalue weighted by Gasteiger charge is -2.15. The fraction of sp³-hybridized carbons (Fsp3) is 0.103. The number of amides is 2. The molecule has 0 unspecified atom stereocenters. The number of anilines is 1. The van der Waals surface area contributed by atoms with Gasteiger partial charge >= 0.3 is 5.97 Å². The number of aryl methyl sites for hydroxylation is 2. The molecule has 1 aliphatic heterocycles. The summed E-state index contributed by atoms with van der Waals surface area (Å²) in [6, 6.07) is 20.1. The molecular weight excluding hydrogens is 490 g/mol. The van der Waals surface area contributed by atoms with Crippen molar-refractivity contribution >= 4 is 40.6 Å². The van der Waals surface area contributed by atoms with Crippen LogP contribution in [0.2, 0.25) is 0 Å². The summed E-state index contributed by atoms with van der Waals surface area (Å²) in [6.45, 7) is 3.51. The van der Waals surface area contributed by atoms with Gasteiger partial charge in [-0.2, -0.15) is 0 Å². The maximum absolute atomic E-state index is 13.1. The summed E-state index contributed by atoms with van der Waals surface area (Å²) >= 11 is 1.26. The number of hydrogen-bond acceptors (Lipinski definition) is 7. The number of fused-ring (bicyclic) bond motifs is 1. The van der Waals surface area contributed by atoms with Crippen molar-refractivity contribution in [2.45, 2.75) is 13.8 Å². The first kappa shape index (κ1) is 24.1. The first-order chi connectivity index (χ1) is 17.8. The van der Waals surface area contributed by atoms with E-state index in [0.29, 0.717) is 16.3 Å². The molecule has 0 aliphatic carbocycles.